The van der Waals surface area contributed by atoms with E-state index >= 15 is 0 Å². The summed E-state index contributed by atoms with van der Waals surface area (Å²) in [4.78, 5) is 29.1. The molecule has 1 fully saturated rings. The first-order valence-electron chi connectivity index (χ1n) is 15.1. The molecule has 0 bridgehead atoms. The van der Waals surface area contributed by atoms with E-state index in [1.807, 2.05) is 56.3 Å². The van der Waals surface area contributed by atoms with Crippen LogP contribution in [0.2, 0.25) is 0 Å². The Morgan fingerprint density at radius 2 is 1.58 bits per heavy atom. The largest absolute Gasteiger partial charge is 0.494 e. The first-order valence-corrected chi connectivity index (χ1v) is 16.6. The van der Waals surface area contributed by atoms with Crippen LogP contribution < -0.4 is 14.4 Å². The second-order valence-corrected chi connectivity index (χ2v) is 13.0. The first-order chi connectivity index (χ1) is 20.7. The maximum atomic E-state index is 14.1. The molecular formula is C34H43N3O5S. The molecule has 1 saturated carbocycles. The summed E-state index contributed by atoms with van der Waals surface area (Å²) in [6, 6.07) is 22.3. The number of hydrogen-bond donors (Lipinski definition) is 1. The Hall–Kier alpha value is -3.85. The van der Waals surface area contributed by atoms with Crippen molar-refractivity contribution in [2.45, 2.75) is 76.3 Å². The number of anilines is 1. The summed E-state index contributed by atoms with van der Waals surface area (Å²) < 4.78 is 34.7. The fourth-order valence-corrected chi connectivity index (χ4v) is 6.79. The molecule has 0 radical (unpaired) electrons. The van der Waals surface area contributed by atoms with Gasteiger partial charge in [-0.1, -0.05) is 67.3 Å². The monoisotopic (exact) mass is 605 g/mol. The van der Waals surface area contributed by atoms with Gasteiger partial charge in [-0.3, -0.25) is 13.9 Å². The van der Waals surface area contributed by atoms with E-state index in [4.69, 9.17) is 4.74 Å². The second kappa shape index (κ2) is 15.0. The highest BCUT2D eigenvalue weighted by Crippen LogP contribution is 2.26. The van der Waals surface area contributed by atoms with Gasteiger partial charge in [-0.2, -0.15) is 0 Å². The molecule has 230 valence electrons. The van der Waals surface area contributed by atoms with Crippen LogP contribution in [0.15, 0.2) is 83.8 Å². The maximum absolute atomic E-state index is 14.1. The summed E-state index contributed by atoms with van der Waals surface area (Å²) in [5.74, 6) is -0.105. The number of amides is 2. The van der Waals surface area contributed by atoms with Crippen molar-refractivity contribution in [3.63, 3.8) is 0 Å². The summed E-state index contributed by atoms with van der Waals surface area (Å²) in [5, 5.41) is 3.14. The van der Waals surface area contributed by atoms with Gasteiger partial charge in [-0.15, -0.1) is 0 Å². The van der Waals surface area contributed by atoms with E-state index in [0.29, 0.717) is 24.5 Å². The lowest BCUT2D eigenvalue weighted by Crippen LogP contribution is -2.53. The quantitative estimate of drug-likeness (QED) is 0.278. The molecule has 1 aliphatic carbocycles. The van der Waals surface area contributed by atoms with Crippen LogP contribution in [-0.4, -0.2) is 56.9 Å². The highest BCUT2D eigenvalue weighted by atomic mass is 32.2. The van der Waals surface area contributed by atoms with Gasteiger partial charge in [0.2, 0.25) is 11.8 Å². The Labute approximate surface area is 256 Å². The van der Waals surface area contributed by atoms with Gasteiger partial charge in [0.15, 0.2) is 0 Å². The van der Waals surface area contributed by atoms with Crippen LogP contribution >= 0.6 is 0 Å². The number of ether oxygens (including phenoxy) is 1. The molecule has 1 aliphatic rings. The average molecular weight is 606 g/mol. The summed E-state index contributed by atoms with van der Waals surface area (Å²) in [7, 11) is -4.13. The minimum absolute atomic E-state index is 0.0447. The summed E-state index contributed by atoms with van der Waals surface area (Å²) in [6.07, 6.45) is 5.71. The van der Waals surface area contributed by atoms with Gasteiger partial charge in [0, 0.05) is 12.6 Å². The van der Waals surface area contributed by atoms with Gasteiger partial charge in [-0.05, 0) is 82.0 Å². The molecule has 0 aromatic heterocycles. The lowest BCUT2D eigenvalue weighted by molar-refractivity contribution is -0.139. The van der Waals surface area contributed by atoms with Gasteiger partial charge in [0.05, 0.1) is 17.2 Å². The van der Waals surface area contributed by atoms with Gasteiger partial charge in [0.1, 0.15) is 18.3 Å². The van der Waals surface area contributed by atoms with E-state index in [1.54, 1.807) is 31.2 Å². The minimum Gasteiger partial charge on any atom is -0.494 e. The second-order valence-electron chi connectivity index (χ2n) is 11.1. The van der Waals surface area contributed by atoms with Gasteiger partial charge >= 0.3 is 0 Å². The molecule has 4 rings (SSSR count). The van der Waals surface area contributed by atoms with Crippen molar-refractivity contribution in [2.24, 2.45) is 0 Å². The topological polar surface area (TPSA) is 96.0 Å². The predicted molar refractivity (Wildman–Crippen MR) is 170 cm³/mol. The molecule has 1 N–H and O–H groups in total. The van der Waals surface area contributed by atoms with Gasteiger partial charge < -0.3 is 15.0 Å². The van der Waals surface area contributed by atoms with Crippen molar-refractivity contribution in [1.29, 1.82) is 0 Å². The minimum atomic E-state index is -4.13. The maximum Gasteiger partial charge on any atom is 0.264 e. The van der Waals surface area contributed by atoms with Crippen molar-refractivity contribution in [3.05, 3.63) is 90.0 Å². The van der Waals surface area contributed by atoms with E-state index in [0.717, 1.165) is 41.1 Å². The molecule has 8 nitrogen and oxygen atoms in total. The number of carbonyl (C=O) groups excluding carboxylic acids is 2. The predicted octanol–water partition coefficient (Wildman–Crippen LogP) is 5.50. The third kappa shape index (κ3) is 8.60. The van der Waals surface area contributed by atoms with Crippen LogP contribution in [0.5, 0.6) is 5.75 Å². The Kier molecular flexibility index (Phi) is 11.2. The summed E-state index contributed by atoms with van der Waals surface area (Å²) in [6.45, 7) is 5.77. The van der Waals surface area contributed by atoms with E-state index < -0.39 is 28.5 Å². The molecule has 0 aliphatic heterocycles. The van der Waals surface area contributed by atoms with Crippen molar-refractivity contribution < 1.29 is 22.7 Å². The molecule has 1 unspecified atom stereocenters. The molecule has 43 heavy (non-hydrogen) atoms. The molecular weight excluding hydrogens is 562 g/mol. The van der Waals surface area contributed by atoms with Crippen molar-refractivity contribution in [3.8, 4) is 5.75 Å². The first kappa shape index (κ1) is 32.1. The molecule has 1 atom stereocenters. The van der Waals surface area contributed by atoms with Crippen LogP contribution in [-0.2, 0) is 26.0 Å². The normalized spacial score (nSPS) is 14.5. The van der Waals surface area contributed by atoms with E-state index in [2.05, 4.69) is 5.32 Å². The Balaban J connectivity index is 1.63. The van der Waals surface area contributed by atoms with Crippen LogP contribution in [0.4, 0.5) is 5.69 Å². The van der Waals surface area contributed by atoms with Crippen molar-refractivity contribution in [1.82, 2.24) is 10.2 Å². The van der Waals surface area contributed by atoms with Crippen LogP contribution in [0.1, 0.15) is 57.1 Å². The molecule has 2 amide bonds. The number of benzene rings is 3. The van der Waals surface area contributed by atoms with E-state index in [9.17, 15) is 18.0 Å². The standard InChI is InChI=1S/C34H43N3O5S/c1-4-42-31-19-21-32(22-20-31)43(40,41)37(30-17-15-26(2)16-18-30)25-33(38)36(24-23-28-11-7-5-8-12-28)27(3)34(39)35-29-13-9-6-10-14-29/h5,7-8,11-12,15-22,27,29H,4,6,9-10,13-14,23-25H2,1-3H3,(H,35,39). The number of sulfonamides is 1. The Morgan fingerprint density at radius 3 is 2.21 bits per heavy atom. The SMILES string of the molecule is CCOc1ccc(S(=O)(=O)N(CC(=O)N(CCc2ccccc2)C(C)C(=O)NC2CCCCC2)c2ccc(C)cc2)cc1. The zero-order chi connectivity index (χ0) is 30.8. The fourth-order valence-electron chi connectivity index (χ4n) is 5.38. The summed E-state index contributed by atoms with van der Waals surface area (Å²) >= 11 is 0. The highest BCUT2D eigenvalue weighted by Gasteiger charge is 2.33. The number of aryl methyl sites for hydroxylation is 1. The zero-order valence-electron chi connectivity index (χ0n) is 25.4. The number of nitrogens with zero attached hydrogens (tertiary/aromatic N) is 2. The van der Waals surface area contributed by atoms with Crippen LogP contribution in [0, 0.1) is 6.92 Å². The Morgan fingerprint density at radius 1 is 0.930 bits per heavy atom. The number of rotatable bonds is 13. The zero-order valence-corrected chi connectivity index (χ0v) is 26.2. The highest BCUT2D eigenvalue weighted by molar-refractivity contribution is 7.92. The molecule has 3 aromatic rings. The van der Waals surface area contributed by atoms with Crippen LogP contribution in [0.3, 0.4) is 0 Å². The van der Waals surface area contributed by atoms with E-state index in [-0.39, 0.29) is 23.4 Å². The lowest BCUT2D eigenvalue weighted by atomic mass is 9.95. The molecule has 0 heterocycles. The van der Waals surface area contributed by atoms with Gasteiger partial charge in [-0.25, -0.2) is 8.42 Å². The van der Waals surface area contributed by atoms with Gasteiger partial charge in [0.25, 0.3) is 10.0 Å². The fraction of sp³-hybridized carbons (Fsp3) is 0.412. The van der Waals surface area contributed by atoms with Crippen molar-refractivity contribution >= 4 is 27.5 Å². The number of carbonyl (C=O) groups is 2. The lowest BCUT2D eigenvalue weighted by Gasteiger charge is -2.33. The average Bonchev–Trinajstić information content (AvgIpc) is 3.02. The smallest absolute Gasteiger partial charge is 0.264 e. The summed E-state index contributed by atoms with van der Waals surface area (Å²) in [5.41, 5.74) is 2.36. The molecule has 3 aromatic carbocycles. The Bertz CT molecular complexity index is 1440. The van der Waals surface area contributed by atoms with Crippen molar-refractivity contribution in [2.75, 3.05) is 24.0 Å². The third-order valence-corrected chi connectivity index (χ3v) is 9.71. The number of hydrogen-bond acceptors (Lipinski definition) is 5. The molecule has 0 spiro atoms. The third-order valence-electron chi connectivity index (χ3n) is 7.93. The number of nitrogens with one attached hydrogen (secondary N) is 1. The molecule has 9 heteroatoms. The molecule has 0 saturated heterocycles. The van der Waals surface area contributed by atoms with E-state index in [1.165, 1.54) is 23.5 Å². The van der Waals surface area contributed by atoms with Crippen LogP contribution in [0.25, 0.3) is 0 Å².